The maximum Gasteiger partial charge on any atom is 0.143 e. The van der Waals surface area contributed by atoms with Gasteiger partial charge in [-0.2, -0.15) is 0 Å². The summed E-state index contributed by atoms with van der Waals surface area (Å²) in [6.45, 7) is 6.95. The fourth-order valence-electron chi connectivity index (χ4n) is 1.09. The van der Waals surface area contributed by atoms with E-state index in [1.54, 1.807) is 11.1 Å². The molecule has 1 aliphatic rings. The van der Waals surface area contributed by atoms with Crippen molar-refractivity contribution in [3.63, 3.8) is 0 Å². The van der Waals surface area contributed by atoms with Gasteiger partial charge in [-0.1, -0.05) is 12.7 Å². The van der Waals surface area contributed by atoms with E-state index in [0.717, 1.165) is 11.5 Å². The molecule has 0 aromatic carbocycles. The first-order valence-corrected chi connectivity index (χ1v) is 3.94. The van der Waals surface area contributed by atoms with Crippen molar-refractivity contribution in [2.75, 3.05) is 13.2 Å². The Labute approximate surface area is 72.8 Å². The molecule has 0 aromatic rings. The van der Waals surface area contributed by atoms with Crippen LogP contribution in [-0.4, -0.2) is 18.2 Å². The van der Waals surface area contributed by atoms with Crippen molar-refractivity contribution < 1.29 is 4.74 Å². The van der Waals surface area contributed by atoms with Crippen LogP contribution in [0.25, 0.3) is 0 Å². The van der Waals surface area contributed by atoms with Crippen LogP contribution >= 0.6 is 0 Å². The molecule has 3 nitrogen and oxygen atoms in total. The molecule has 0 unspecified atom stereocenters. The van der Waals surface area contributed by atoms with Gasteiger partial charge in [0.1, 0.15) is 12.4 Å². The standard InChI is InChI=1S/C9H14N2O/c1-3-5-9-8(4-2)11(10)6-7-12-9/h3-5H,2,6-7,10H2,1H3/b5-3-. The van der Waals surface area contributed by atoms with E-state index in [9.17, 15) is 0 Å². The fraction of sp³-hybridized carbons (Fsp3) is 0.333. The summed E-state index contributed by atoms with van der Waals surface area (Å²) < 4.78 is 5.39. The van der Waals surface area contributed by atoms with E-state index >= 15 is 0 Å². The molecule has 66 valence electrons. The normalized spacial score (nSPS) is 18.3. The van der Waals surface area contributed by atoms with E-state index < -0.39 is 0 Å². The largest absolute Gasteiger partial charge is 0.489 e. The molecule has 12 heavy (non-hydrogen) atoms. The Kier molecular flexibility index (Phi) is 2.94. The predicted molar refractivity (Wildman–Crippen MR) is 48.9 cm³/mol. The van der Waals surface area contributed by atoms with Crippen molar-refractivity contribution in [1.82, 2.24) is 5.01 Å². The van der Waals surface area contributed by atoms with Crippen molar-refractivity contribution in [2.45, 2.75) is 6.92 Å². The quantitative estimate of drug-likeness (QED) is 0.626. The van der Waals surface area contributed by atoms with Crippen LogP contribution < -0.4 is 5.84 Å². The van der Waals surface area contributed by atoms with Crippen LogP contribution in [0.3, 0.4) is 0 Å². The molecule has 1 heterocycles. The second-order valence-corrected chi connectivity index (χ2v) is 2.50. The first-order chi connectivity index (χ1) is 5.79. The van der Waals surface area contributed by atoms with Gasteiger partial charge in [-0.15, -0.1) is 0 Å². The SMILES string of the molecule is C=CC1=C(/C=C\C)OCCN1N. The maximum absolute atomic E-state index is 5.70. The van der Waals surface area contributed by atoms with Gasteiger partial charge in [-0.25, -0.2) is 5.84 Å². The average Bonchev–Trinajstić information content (AvgIpc) is 2.05. The lowest BCUT2D eigenvalue weighted by Crippen LogP contribution is -2.37. The van der Waals surface area contributed by atoms with Gasteiger partial charge < -0.3 is 9.75 Å². The van der Waals surface area contributed by atoms with E-state index in [1.807, 2.05) is 19.1 Å². The zero-order chi connectivity index (χ0) is 8.97. The lowest BCUT2D eigenvalue weighted by Gasteiger charge is -2.26. The minimum atomic E-state index is 0.632. The third-order valence-electron chi connectivity index (χ3n) is 1.66. The zero-order valence-corrected chi connectivity index (χ0v) is 7.29. The van der Waals surface area contributed by atoms with Crippen LogP contribution in [0.15, 0.2) is 36.3 Å². The van der Waals surface area contributed by atoms with Crippen molar-refractivity contribution in [2.24, 2.45) is 5.84 Å². The molecular formula is C9H14N2O. The molecular weight excluding hydrogens is 152 g/mol. The monoisotopic (exact) mass is 166 g/mol. The molecule has 1 aliphatic heterocycles. The van der Waals surface area contributed by atoms with Crippen LogP contribution in [0.5, 0.6) is 0 Å². The van der Waals surface area contributed by atoms with Gasteiger partial charge in [-0.3, -0.25) is 0 Å². The summed E-state index contributed by atoms with van der Waals surface area (Å²) in [6.07, 6.45) is 5.50. The van der Waals surface area contributed by atoms with Crippen LogP contribution in [-0.2, 0) is 4.74 Å². The molecule has 0 radical (unpaired) electrons. The number of hydrazine groups is 1. The second-order valence-electron chi connectivity index (χ2n) is 2.50. The van der Waals surface area contributed by atoms with Gasteiger partial charge in [0, 0.05) is 0 Å². The summed E-state index contributed by atoms with van der Waals surface area (Å²) in [4.78, 5) is 0. The summed E-state index contributed by atoms with van der Waals surface area (Å²) in [5, 5.41) is 1.64. The Balaban J connectivity index is 2.93. The fourth-order valence-corrected chi connectivity index (χ4v) is 1.09. The minimum Gasteiger partial charge on any atom is -0.489 e. The number of rotatable bonds is 2. The molecule has 0 saturated heterocycles. The summed E-state index contributed by atoms with van der Waals surface area (Å²) in [5.41, 5.74) is 0.847. The lowest BCUT2D eigenvalue weighted by atomic mass is 10.3. The first kappa shape index (κ1) is 8.87. The van der Waals surface area contributed by atoms with Crippen LogP contribution in [0.2, 0.25) is 0 Å². The van der Waals surface area contributed by atoms with Crippen molar-refractivity contribution in [3.8, 4) is 0 Å². The minimum absolute atomic E-state index is 0.632. The van der Waals surface area contributed by atoms with Gasteiger partial charge in [-0.05, 0) is 19.1 Å². The molecule has 1 rings (SSSR count). The Morgan fingerprint density at radius 3 is 3.00 bits per heavy atom. The highest BCUT2D eigenvalue weighted by Gasteiger charge is 2.13. The number of hydrogen-bond donors (Lipinski definition) is 1. The van der Waals surface area contributed by atoms with Crippen LogP contribution in [0.1, 0.15) is 6.92 Å². The molecule has 3 heteroatoms. The maximum atomic E-state index is 5.70. The van der Waals surface area contributed by atoms with Gasteiger partial charge in [0.15, 0.2) is 0 Å². The van der Waals surface area contributed by atoms with Crippen molar-refractivity contribution >= 4 is 0 Å². The van der Waals surface area contributed by atoms with Gasteiger partial charge in [0.05, 0.1) is 12.2 Å². The number of nitrogens with zero attached hydrogens (tertiary/aromatic N) is 1. The Morgan fingerprint density at radius 2 is 2.42 bits per heavy atom. The molecule has 0 spiro atoms. The molecule has 2 N–H and O–H groups in total. The highest BCUT2D eigenvalue weighted by Crippen LogP contribution is 2.15. The Morgan fingerprint density at radius 1 is 1.67 bits per heavy atom. The van der Waals surface area contributed by atoms with Crippen molar-refractivity contribution in [3.05, 3.63) is 36.3 Å². The average molecular weight is 166 g/mol. The zero-order valence-electron chi connectivity index (χ0n) is 7.29. The lowest BCUT2D eigenvalue weighted by molar-refractivity contribution is 0.144. The van der Waals surface area contributed by atoms with E-state index in [1.165, 1.54) is 0 Å². The molecule has 0 aromatic heterocycles. The topological polar surface area (TPSA) is 38.5 Å². The molecule has 0 saturated carbocycles. The Bertz CT molecular complexity index is 231. The number of allylic oxidation sites excluding steroid dienone is 3. The Hall–Kier alpha value is -1.22. The van der Waals surface area contributed by atoms with Crippen LogP contribution in [0.4, 0.5) is 0 Å². The van der Waals surface area contributed by atoms with Gasteiger partial charge in [0.2, 0.25) is 0 Å². The number of hydrogen-bond acceptors (Lipinski definition) is 3. The highest BCUT2D eigenvalue weighted by molar-refractivity contribution is 5.27. The third-order valence-corrected chi connectivity index (χ3v) is 1.66. The summed E-state index contributed by atoms with van der Waals surface area (Å²) in [5.74, 6) is 6.49. The van der Waals surface area contributed by atoms with Gasteiger partial charge in [0.25, 0.3) is 0 Å². The summed E-state index contributed by atoms with van der Waals surface area (Å²) in [6, 6.07) is 0. The molecule has 0 fully saturated rings. The molecule has 0 bridgehead atoms. The molecule has 0 amide bonds. The number of nitrogens with two attached hydrogens (primary N) is 1. The smallest absolute Gasteiger partial charge is 0.143 e. The van der Waals surface area contributed by atoms with Gasteiger partial charge >= 0.3 is 0 Å². The highest BCUT2D eigenvalue weighted by atomic mass is 16.5. The first-order valence-electron chi connectivity index (χ1n) is 3.94. The van der Waals surface area contributed by atoms with E-state index in [0.29, 0.717) is 13.2 Å². The third kappa shape index (κ3) is 1.68. The second kappa shape index (κ2) is 3.97. The van der Waals surface area contributed by atoms with E-state index in [4.69, 9.17) is 10.6 Å². The summed E-state index contributed by atoms with van der Waals surface area (Å²) >= 11 is 0. The summed E-state index contributed by atoms with van der Waals surface area (Å²) in [7, 11) is 0. The van der Waals surface area contributed by atoms with E-state index in [2.05, 4.69) is 6.58 Å². The van der Waals surface area contributed by atoms with Crippen molar-refractivity contribution in [1.29, 1.82) is 0 Å². The van der Waals surface area contributed by atoms with Crippen LogP contribution in [0, 0.1) is 0 Å². The number of ether oxygens (including phenoxy) is 1. The molecule has 0 atom stereocenters. The molecule has 0 aliphatic carbocycles. The van der Waals surface area contributed by atoms with E-state index in [-0.39, 0.29) is 0 Å². The predicted octanol–water partition coefficient (Wildman–Crippen LogP) is 1.17.